The van der Waals surface area contributed by atoms with Gasteiger partial charge in [0, 0.05) is 18.1 Å². The first kappa shape index (κ1) is 13.1. The van der Waals surface area contributed by atoms with Gasteiger partial charge in [-0.05, 0) is 11.4 Å². The monoisotopic (exact) mass is 288 g/mol. The second-order valence-corrected chi connectivity index (χ2v) is 5.74. The molecule has 2 N–H and O–H groups in total. The third-order valence-electron chi connectivity index (χ3n) is 2.27. The maximum atomic E-state index is 11.4. The van der Waals surface area contributed by atoms with Gasteiger partial charge in [0.15, 0.2) is 5.82 Å². The van der Waals surface area contributed by atoms with E-state index in [1.54, 1.807) is 0 Å². The molecule has 2 aromatic heterocycles. The molecular weight excluding hydrogens is 276 g/mol. The number of primary sulfonamides is 1. The summed E-state index contributed by atoms with van der Waals surface area (Å²) < 4.78 is 29.2. The number of methoxy groups -OCH3 is 1. The third-order valence-corrected chi connectivity index (χ3v) is 3.76. The standard InChI is InChI=1S/C9H12N4O3S2/c1-16-4-3-13-8(7-2-5-17-6-7)11-12-9(13)18(10,14)15/h2,5-6H,3-4H2,1H3,(H2,10,14,15). The molecule has 2 aromatic rings. The number of hydrogen-bond acceptors (Lipinski definition) is 6. The van der Waals surface area contributed by atoms with E-state index in [-0.39, 0.29) is 5.16 Å². The number of ether oxygens (including phenoxy) is 1. The van der Waals surface area contributed by atoms with Gasteiger partial charge >= 0.3 is 0 Å². The summed E-state index contributed by atoms with van der Waals surface area (Å²) in [6.07, 6.45) is 0. The number of rotatable bonds is 5. The van der Waals surface area contributed by atoms with Crippen molar-refractivity contribution in [3.8, 4) is 11.4 Å². The zero-order chi connectivity index (χ0) is 13.2. The van der Waals surface area contributed by atoms with Gasteiger partial charge in [-0.15, -0.1) is 10.2 Å². The molecule has 0 aromatic carbocycles. The van der Waals surface area contributed by atoms with Crippen LogP contribution in [-0.4, -0.2) is 36.9 Å². The van der Waals surface area contributed by atoms with Crippen LogP contribution in [0.3, 0.4) is 0 Å². The van der Waals surface area contributed by atoms with Crippen molar-refractivity contribution in [3.05, 3.63) is 16.8 Å². The van der Waals surface area contributed by atoms with Gasteiger partial charge in [0.25, 0.3) is 15.2 Å². The van der Waals surface area contributed by atoms with E-state index in [0.29, 0.717) is 19.0 Å². The number of nitrogens with two attached hydrogens (primary N) is 1. The first-order valence-corrected chi connectivity index (χ1v) is 7.50. The Balaban J connectivity index is 2.51. The maximum absolute atomic E-state index is 11.4. The minimum atomic E-state index is -3.90. The van der Waals surface area contributed by atoms with Gasteiger partial charge in [0.05, 0.1) is 13.2 Å². The van der Waals surface area contributed by atoms with Gasteiger partial charge in [-0.25, -0.2) is 13.6 Å². The molecule has 0 radical (unpaired) electrons. The van der Waals surface area contributed by atoms with Gasteiger partial charge < -0.3 is 4.74 Å². The lowest BCUT2D eigenvalue weighted by molar-refractivity contribution is 0.185. The van der Waals surface area contributed by atoms with Crippen LogP contribution >= 0.6 is 11.3 Å². The maximum Gasteiger partial charge on any atom is 0.273 e. The van der Waals surface area contributed by atoms with Gasteiger partial charge in [0.1, 0.15) is 0 Å². The van der Waals surface area contributed by atoms with Gasteiger partial charge in [-0.2, -0.15) is 11.3 Å². The average molecular weight is 288 g/mol. The predicted molar refractivity (Wildman–Crippen MR) is 66.6 cm³/mol. The third kappa shape index (κ3) is 2.58. The summed E-state index contributed by atoms with van der Waals surface area (Å²) in [4.78, 5) is 0. The van der Waals surface area contributed by atoms with Crippen molar-refractivity contribution in [1.82, 2.24) is 14.8 Å². The first-order chi connectivity index (χ1) is 8.54. The lowest BCUT2D eigenvalue weighted by Gasteiger charge is -2.07. The molecule has 0 spiro atoms. The molecule has 0 fully saturated rings. The van der Waals surface area contributed by atoms with E-state index in [1.165, 1.54) is 23.0 Å². The summed E-state index contributed by atoms with van der Waals surface area (Å²) in [7, 11) is -2.36. The molecule has 0 saturated carbocycles. The van der Waals surface area contributed by atoms with Gasteiger partial charge in [0.2, 0.25) is 0 Å². The van der Waals surface area contributed by atoms with E-state index in [1.807, 2.05) is 16.8 Å². The van der Waals surface area contributed by atoms with Crippen molar-refractivity contribution in [2.75, 3.05) is 13.7 Å². The number of aromatic nitrogens is 3. The highest BCUT2D eigenvalue weighted by molar-refractivity contribution is 7.89. The number of nitrogens with zero attached hydrogens (tertiary/aromatic N) is 3. The van der Waals surface area contributed by atoms with Crippen LogP contribution < -0.4 is 5.14 Å². The van der Waals surface area contributed by atoms with E-state index in [4.69, 9.17) is 9.88 Å². The molecule has 98 valence electrons. The smallest absolute Gasteiger partial charge is 0.273 e. The minimum absolute atomic E-state index is 0.249. The number of thiophene rings is 1. The Morgan fingerprint density at radius 2 is 2.28 bits per heavy atom. The normalized spacial score (nSPS) is 11.9. The highest BCUT2D eigenvalue weighted by Crippen LogP contribution is 2.22. The molecule has 0 amide bonds. The Morgan fingerprint density at radius 1 is 1.50 bits per heavy atom. The molecule has 0 unspecified atom stereocenters. The Labute approximate surface area is 108 Å². The summed E-state index contributed by atoms with van der Waals surface area (Å²) in [6.45, 7) is 0.665. The molecule has 2 rings (SSSR count). The van der Waals surface area contributed by atoms with E-state index in [0.717, 1.165) is 5.56 Å². The molecule has 0 saturated heterocycles. The summed E-state index contributed by atoms with van der Waals surface area (Å²) in [5.74, 6) is 0.470. The van der Waals surface area contributed by atoms with Crippen LogP contribution in [0.5, 0.6) is 0 Å². The molecule has 0 aliphatic rings. The van der Waals surface area contributed by atoms with Crippen molar-refractivity contribution < 1.29 is 13.2 Å². The number of hydrogen-bond donors (Lipinski definition) is 1. The summed E-state index contributed by atoms with van der Waals surface area (Å²) in [5.41, 5.74) is 0.804. The van der Waals surface area contributed by atoms with Crippen molar-refractivity contribution in [2.45, 2.75) is 11.7 Å². The molecular formula is C9H12N4O3S2. The highest BCUT2D eigenvalue weighted by Gasteiger charge is 2.21. The van der Waals surface area contributed by atoms with Crippen LogP contribution in [0.2, 0.25) is 0 Å². The van der Waals surface area contributed by atoms with E-state index < -0.39 is 10.0 Å². The predicted octanol–water partition coefficient (Wildman–Crippen LogP) is 0.300. The minimum Gasteiger partial charge on any atom is -0.383 e. The van der Waals surface area contributed by atoms with Crippen LogP contribution in [0.15, 0.2) is 22.0 Å². The van der Waals surface area contributed by atoms with Crippen LogP contribution in [0, 0.1) is 0 Å². The van der Waals surface area contributed by atoms with E-state index in [9.17, 15) is 8.42 Å². The number of sulfonamides is 1. The first-order valence-electron chi connectivity index (χ1n) is 5.01. The molecule has 0 atom stereocenters. The molecule has 0 bridgehead atoms. The van der Waals surface area contributed by atoms with Crippen LogP contribution in [0.25, 0.3) is 11.4 Å². The zero-order valence-corrected chi connectivity index (χ0v) is 11.2. The Hall–Kier alpha value is -1.29. The van der Waals surface area contributed by atoms with Crippen molar-refractivity contribution in [3.63, 3.8) is 0 Å². The zero-order valence-electron chi connectivity index (χ0n) is 9.61. The van der Waals surface area contributed by atoms with Gasteiger partial charge in [-0.3, -0.25) is 4.57 Å². The largest absolute Gasteiger partial charge is 0.383 e. The summed E-state index contributed by atoms with van der Waals surface area (Å²) in [5, 5.41) is 16.1. The fourth-order valence-electron chi connectivity index (χ4n) is 1.49. The second kappa shape index (κ2) is 5.14. The highest BCUT2D eigenvalue weighted by atomic mass is 32.2. The summed E-state index contributed by atoms with van der Waals surface area (Å²) >= 11 is 1.49. The second-order valence-electron chi connectivity index (χ2n) is 3.51. The quantitative estimate of drug-likeness (QED) is 0.853. The van der Waals surface area contributed by atoms with E-state index in [2.05, 4.69) is 10.2 Å². The van der Waals surface area contributed by atoms with E-state index >= 15 is 0 Å². The van der Waals surface area contributed by atoms with Gasteiger partial charge in [-0.1, -0.05) is 0 Å². The molecule has 9 heteroatoms. The molecule has 0 aliphatic heterocycles. The molecule has 0 aliphatic carbocycles. The van der Waals surface area contributed by atoms with Crippen molar-refractivity contribution in [2.24, 2.45) is 5.14 Å². The fourth-order valence-corrected chi connectivity index (χ4v) is 2.76. The molecule has 2 heterocycles. The molecule has 18 heavy (non-hydrogen) atoms. The fraction of sp³-hybridized carbons (Fsp3) is 0.333. The lowest BCUT2D eigenvalue weighted by Crippen LogP contribution is -2.20. The average Bonchev–Trinajstić information content (AvgIpc) is 2.93. The van der Waals surface area contributed by atoms with Crippen LogP contribution in [0.1, 0.15) is 0 Å². The topological polar surface area (TPSA) is 100 Å². The lowest BCUT2D eigenvalue weighted by atomic mass is 10.3. The van der Waals surface area contributed by atoms with Crippen molar-refractivity contribution in [1.29, 1.82) is 0 Å². The SMILES string of the molecule is COCCn1c(-c2ccsc2)nnc1S(N)(=O)=O. The Bertz CT molecular complexity index is 618. The summed E-state index contributed by atoms with van der Waals surface area (Å²) in [6, 6.07) is 1.84. The molecule has 7 nitrogen and oxygen atoms in total. The van der Waals surface area contributed by atoms with Crippen molar-refractivity contribution >= 4 is 21.4 Å². The van der Waals surface area contributed by atoms with Crippen LogP contribution in [-0.2, 0) is 21.3 Å². The van der Waals surface area contributed by atoms with Crippen LogP contribution in [0.4, 0.5) is 0 Å². The Kier molecular flexibility index (Phi) is 3.76. The Morgan fingerprint density at radius 3 is 2.83 bits per heavy atom.